The quantitative estimate of drug-likeness (QED) is 0.848. The van der Waals surface area contributed by atoms with Crippen LogP contribution in [0.2, 0.25) is 0 Å². The molecule has 1 amide bonds. The van der Waals surface area contributed by atoms with Crippen LogP contribution in [0.5, 0.6) is 0 Å². The summed E-state index contributed by atoms with van der Waals surface area (Å²) in [5.74, 6) is 1.01. The first-order valence-electron chi connectivity index (χ1n) is 8.78. The monoisotopic (exact) mass is 316 g/mol. The van der Waals surface area contributed by atoms with Gasteiger partial charge >= 0.3 is 0 Å². The van der Waals surface area contributed by atoms with Crippen LogP contribution in [0.15, 0.2) is 30.3 Å². The summed E-state index contributed by atoms with van der Waals surface area (Å²) >= 11 is 0. The normalized spacial score (nSPS) is 27.2. The zero-order valence-corrected chi connectivity index (χ0v) is 14.2. The summed E-state index contributed by atoms with van der Waals surface area (Å²) in [5, 5.41) is 6.97. The highest BCUT2D eigenvalue weighted by Crippen LogP contribution is 2.37. The Kier molecular flexibility index (Phi) is 5.02. The van der Waals surface area contributed by atoms with Gasteiger partial charge in [-0.3, -0.25) is 4.79 Å². The Bertz CT molecular complexity index is 525. The van der Waals surface area contributed by atoms with Crippen molar-refractivity contribution in [3.63, 3.8) is 0 Å². The predicted molar refractivity (Wildman–Crippen MR) is 91.1 cm³/mol. The minimum atomic E-state index is -0.0682. The van der Waals surface area contributed by atoms with Gasteiger partial charge in [0.15, 0.2) is 0 Å². The molecular formula is C19H28N2O2. The molecule has 3 rings (SSSR count). The number of hydrogen-bond donors (Lipinski definition) is 2. The van der Waals surface area contributed by atoms with E-state index in [9.17, 15) is 4.79 Å². The molecule has 1 aliphatic heterocycles. The van der Waals surface area contributed by atoms with Crippen LogP contribution in [-0.2, 0) is 9.53 Å². The van der Waals surface area contributed by atoms with E-state index in [0.717, 1.165) is 32.5 Å². The van der Waals surface area contributed by atoms with Crippen LogP contribution in [-0.4, -0.2) is 31.2 Å². The smallest absolute Gasteiger partial charge is 0.223 e. The van der Waals surface area contributed by atoms with Crippen molar-refractivity contribution in [2.24, 2.45) is 11.8 Å². The molecule has 126 valence electrons. The lowest BCUT2D eigenvalue weighted by Crippen LogP contribution is -2.57. The van der Waals surface area contributed by atoms with E-state index in [1.807, 2.05) is 6.07 Å². The van der Waals surface area contributed by atoms with Gasteiger partial charge in [0.1, 0.15) is 0 Å². The third kappa shape index (κ3) is 4.12. The maximum atomic E-state index is 12.2. The molecule has 0 unspecified atom stereocenters. The topological polar surface area (TPSA) is 50.4 Å². The maximum Gasteiger partial charge on any atom is 0.223 e. The maximum absolute atomic E-state index is 12.2. The van der Waals surface area contributed by atoms with Crippen molar-refractivity contribution in [1.29, 1.82) is 0 Å². The molecule has 0 aromatic heterocycles. The summed E-state index contributed by atoms with van der Waals surface area (Å²) in [4.78, 5) is 12.2. The first-order chi connectivity index (χ1) is 11.1. The molecular weight excluding hydrogens is 288 g/mol. The fourth-order valence-corrected chi connectivity index (χ4v) is 3.49. The number of carbonyl (C=O) groups is 1. The molecule has 2 aliphatic rings. The third-order valence-corrected chi connectivity index (χ3v) is 5.32. The van der Waals surface area contributed by atoms with Crippen LogP contribution < -0.4 is 10.6 Å². The second-order valence-electron chi connectivity index (χ2n) is 7.21. The molecule has 1 aliphatic carbocycles. The fourth-order valence-electron chi connectivity index (χ4n) is 3.49. The van der Waals surface area contributed by atoms with E-state index in [0.29, 0.717) is 12.5 Å². The van der Waals surface area contributed by atoms with Crippen LogP contribution in [0.25, 0.3) is 0 Å². The number of benzene rings is 1. The molecule has 23 heavy (non-hydrogen) atoms. The molecule has 1 aromatic rings. The van der Waals surface area contributed by atoms with Crippen molar-refractivity contribution in [2.75, 3.05) is 19.8 Å². The zero-order chi connectivity index (χ0) is 16.3. The minimum absolute atomic E-state index is 0.0682. The van der Waals surface area contributed by atoms with E-state index < -0.39 is 0 Å². The second kappa shape index (κ2) is 7.02. The lowest BCUT2D eigenvalue weighted by molar-refractivity contribution is -0.123. The van der Waals surface area contributed by atoms with Crippen molar-refractivity contribution >= 4 is 5.91 Å². The van der Waals surface area contributed by atoms with Crippen LogP contribution in [0.3, 0.4) is 0 Å². The van der Waals surface area contributed by atoms with Crippen molar-refractivity contribution in [2.45, 2.75) is 44.7 Å². The average molecular weight is 316 g/mol. The summed E-state index contributed by atoms with van der Waals surface area (Å²) in [7, 11) is 0. The molecule has 1 saturated heterocycles. The highest BCUT2D eigenvalue weighted by Gasteiger charge is 2.41. The minimum Gasteiger partial charge on any atom is -0.381 e. The SMILES string of the molecule is C[C@@H](NC1(CNC(=O)[C@H]2C[C@@H]2C)CCOCC1)c1ccccc1. The molecule has 2 fully saturated rings. The molecule has 0 spiro atoms. The molecule has 2 N–H and O–H groups in total. The van der Waals surface area contributed by atoms with Gasteiger partial charge in [-0.15, -0.1) is 0 Å². The van der Waals surface area contributed by atoms with Gasteiger partial charge in [-0.05, 0) is 37.7 Å². The van der Waals surface area contributed by atoms with Crippen molar-refractivity contribution in [1.82, 2.24) is 10.6 Å². The molecule has 1 saturated carbocycles. The Balaban J connectivity index is 1.63. The Labute approximate surface area is 139 Å². The summed E-state index contributed by atoms with van der Waals surface area (Å²) in [6.45, 7) is 6.53. The van der Waals surface area contributed by atoms with E-state index in [4.69, 9.17) is 4.74 Å². The van der Waals surface area contributed by atoms with Gasteiger partial charge < -0.3 is 15.4 Å². The molecule has 3 atom stereocenters. The number of rotatable bonds is 6. The third-order valence-electron chi connectivity index (χ3n) is 5.32. The van der Waals surface area contributed by atoms with Gasteiger partial charge in [-0.25, -0.2) is 0 Å². The first-order valence-corrected chi connectivity index (χ1v) is 8.78. The Hall–Kier alpha value is -1.39. The molecule has 0 radical (unpaired) electrons. The summed E-state index contributed by atoms with van der Waals surface area (Å²) in [6, 6.07) is 10.7. The van der Waals surface area contributed by atoms with E-state index in [2.05, 4.69) is 48.7 Å². The molecule has 4 heteroatoms. The largest absolute Gasteiger partial charge is 0.381 e. The van der Waals surface area contributed by atoms with E-state index in [1.165, 1.54) is 5.56 Å². The van der Waals surface area contributed by atoms with Gasteiger partial charge in [-0.1, -0.05) is 37.3 Å². The van der Waals surface area contributed by atoms with Crippen LogP contribution in [0.1, 0.15) is 44.7 Å². The Morgan fingerprint density at radius 1 is 1.30 bits per heavy atom. The van der Waals surface area contributed by atoms with Crippen LogP contribution >= 0.6 is 0 Å². The van der Waals surface area contributed by atoms with Crippen LogP contribution in [0, 0.1) is 11.8 Å². The molecule has 0 bridgehead atoms. The number of nitrogens with one attached hydrogen (secondary N) is 2. The lowest BCUT2D eigenvalue weighted by atomic mass is 9.88. The van der Waals surface area contributed by atoms with E-state index in [1.54, 1.807) is 0 Å². The summed E-state index contributed by atoms with van der Waals surface area (Å²) in [5.41, 5.74) is 1.21. The number of ether oxygens (including phenoxy) is 1. The average Bonchev–Trinajstić information content (AvgIpc) is 3.31. The molecule has 1 aromatic carbocycles. The van der Waals surface area contributed by atoms with Crippen LogP contribution in [0.4, 0.5) is 0 Å². The van der Waals surface area contributed by atoms with Crippen molar-refractivity contribution in [3.05, 3.63) is 35.9 Å². The van der Waals surface area contributed by atoms with Gasteiger partial charge in [0, 0.05) is 37.3 Å². The second-order valence-corrected chi connectivity index (χ2v) is 7.21. The number of hydrogen-bond acceptors (Lipinski definition) is 3. The first kappa shape index (κ1) is 16.5. The van der Waals surface area contributed by atoms with Gasteiger partial charge in [0.2, 0.25) is 5.91 Å². The zero-order valence-electron chi connectivity index (χ0n) is 14.2. The summed E-state index contributed by atoms with van der Waals surface area (Å²) < 4.78 is 5.54. The Morgan fingerprint density at radius 2 is 1.96 bits per heavy atom. The van der Waals surface area contributed by atoms with E-state index in [-0.39, 0.29) is 23.4 Å². The van der Waals surface area contributed by atoms with Gasteiger partial charge in [0.05, 0.1) is 0 Å². The van der Waals surface area contributed by atoms with E-state index >= 15 is 0 Å². The number of carbonyl (C=O) groups excluding carboxylic acids is 1. The molecule has 4 nitrogen and oxygen atoms in total. The Morgan fingerprint density at radius 3 is 2.57 bits per heavy atom. The van der Waals surface area contributed by atoms with Crippen molar-refractivity contribution < 1.29 is 9.53 Å². The lowest BCUT2D eigenvalue weighted by Gasteiger charge is -2.40. The van der Waals surface area contributed by atoms with Gasteiger partial charge in [-0.2, -0.15) is 0 Å². The summed E-state index contributed by atoms with van der Waals surface area (Å²) in [6.07, 6.45) is 2.91. The predicted octanol–water partition coefficient (Wildman–Crippen LogP) is 2.66. The fraction of sp³-hybridized carbons (Fsp3) is 0.632. The highest BCUT2D eigenvalue weighted by atomic mass is 16.5. The highest BCUT2D eigenvalue weighted by molar-refractivity contribution is 5.81. The van der Waals surface area contributed by atoms with Gasteiger partial charge in [0.25, 0.3) is 0 Å². The van der Waals surface area contributed by atoms with Crippen molar-refractivity contribution in [3.8, 4) is 0 Å². The number of amides is 1. The molecule has 1 heterocycles. The standard InChI is InChI=1S/C19H28N2O2/c1-14-12-17(14)18(22)20-13-19(8-10-23-11-9-19)21-15(2)16-6-4-3-5-7-16/h3-7,14-15,17,21H,8-13H2,1-2H3,(H,20,22)/t14-,15+,17-/m0/s1.